The van der Waals surface area contributed by atoms with Crippen molar-refractivity contribution in [2.45, 2.75) is 77.6 Å². The Morgan fingerprint density at radius 3 is 1.92 bits per heavy atom. The fourth-order valence-corrected chi connectivity index (χ4v) is 3.55. The summed E-state index contributed by atoms with van der Waals surface area (Å²) in [5, 5.41) is 2.59. The van der Waals surface area contributed by atoms with Gasteiger partial charge < -0.3 is 4.74 Å². The van der Waals surface area contributed by atoms with Crippen LogP contribution in [0.2, 0.25) is 0 Å². The molecule has 0 amide bonds. The highest BCUT2D eigenvalue weighted by Crippen LogP contribution is 2.28. The lowest BCUT2D eigenvalue weighted by molar-refractivity contribution is 0.420. The molecule has 2 aromatic carbocycles. The maximum Gasteiger partial charge on any atom is 0.126 e. The summed E-state index contributed by atoms with van der Waals surface area (Å²) in [5.41, 5.74) is 1.46. The molecule has 0 saturated heterocycles. The van der Waals surface area contributed by atoms with Crippen LogP contribution in [0, 0.1) is 0 Å². The summed E-state index contributed by atoms with van der Waals surface area (Å²) in [5.74, 6) is 0.984. The van der Waals surface area contributed by atoms with Crippen molar-refractivity contribution >= 4 is 10.8 Å². The molecule has 0 unspecified atom stereocenters. The molecule has 0 aliphatic rings. The third-order valence-electron chi connectivity index (χ3n) is 4.99. The van der Waals surface area contributed by atoms with Crippen molar-refractivity contribution in [2.24, 2.45) is 0 Å². The first-order valence-electron chi connectivity index (χ1n) is 9.91. The molecular formula is C23H34O. The van der Waals surface area contributed by atoms with Crippen LogP contribution in [0.4, 0.5) is 0 Å². The van der Waals surface area contributed by atoms with Gasteiger partial charge >= 0.3 is 0 Å². The van der Waals surface area contributed by atoms with Gasteiger partial charge in [-0.15, -0.1) is 0 Å². The van der Waals surface area contributed by atoms with Gasteiger partial charge in [-0.3, -0.25) is 0 Å². The summed E-state index contributed by atoms with van der Waals surface area (Å²) in [6.45, 7) is 2.28. The van der Waals surface area contributed by atoms with E-state index in [1.807, 2.05) is 6.07 Å². The van der Waals surface area contributed by atoms with E-state index in [-0.39, 0.29) is 0 Å². The highest BCUT2D eigenvalue weighted by atomic mass is 16.5. The van der Waals surface area contributed by atoms with Crippen LogP contribution in [-0.2, 0) is 6.42 Å². The molecule has 0 saturated carbocycles. The maximum atomic E-state index is 5.49. The van der Waals surface area contributed by atoms with E-state index in [1.54, 1.807) is 7.11 Å². The molecule has 1 heteroatoms. The normalized spacial score (nSPS) is 11.1. The largest absolute Gasteiger partial charge is 0.496 e. The molecule has 0 atom stereocenters. The first kappa shape index (κ1) is 18.8. The summed E-state index contributed by atoms with van der Waals surface area (Å²) in [6.07, 6.45) is 15.1. The number of hydrogen-bond acceptors (Lipinski definition) is 1. The summed E-state index contributed by atoms with van der Waals surface area (Å²) in [6, 6.07) is 13.0. The molecule has 2 rings (SSSR count). The van der Waals surface area contributed by atoms with Gasteiger partial charge in [-0.25, -0.2) is 0 Å². The summed E-state index contributed by atoms with van der Waals surface area (Å²) < 4.78 is 5.49. The molecule has 0 bridgehead atoms. The average Bonchev–Trinajstić information content (AvgIpc) is 2.62. The minimum absolute atomic E-state index is 0.984. The Bertz CT molecular complexity index is 588. The molecule has 0 heterocycles. The summed E-state index contributed by atoms with van der Waals surface area (Å²) in [7, 11) is 1.75. The van der Waals surface area contributed by atoms with Crippen LogP contribution in [-0.4, -0.2) is 7.11 Å². The summed E-state index contributed by atoms with van der Waals surface area (Å²) in [4.78, 5) is 0. The second-order valence-corrected chi connectivity index (χ2v) is 6.90. The van der Waals surface area contributed by atoms with Crippen LogP contribution in [0.1, 0.15) is 76.7 Å². The van der Waals surface area contributed by atoms with Crippen LogP contribution in [0.3, 0.4) is 0 Å². The SMILES string of the molecule is CCCCCCCCCCCCc1cccc2c(OC)cccc12. The third kappa shape index (κ3) is 5.85. The molecule has 0 fully saturated rings. The monoisotopic (exact) mass is 326 g/mol. The van der Waals surface area contributed by atoms with Gasteiger partial charge in [0.2, 0.25) is 0 Å². The van der Waals surface area contributed by atoms with E-state index in [2.05, 4.69) is 37.3 Å². The van der Waals surface area contributed by atoms with E-state index in [1.165, 1.54) is 87.0 Å². The molecule has 0 radical (unpaired) electrons. The Morgan fingerprint density at radius 2 is 1.25 bits per heavy atom. The topological polar surface area (TPSA) is 9.23 Å². The van der Waals surface area contributed by atoms with Gasteiger partial charge in [0.05, 0.1) is 7.11 Å². The standard InChI is InChI=1S/C23H34O/c1-3-4-5-6-7-8-9-10-11-12-15-20-16-13-18-22-21(20)17-14-19-23(22)24-2/h13-14,16-19H,3-12,15H2,1-2H3. The Kier molecular flexibility index (Phi) is 8.73. The molecule has 24 heavy (non-hydrogen) atoms. The molecule has 0 spiro atoms. The minimum Gasteiger partial charge on any atom is -0.496 e. The highest BCUT2D eigenvalue weighted by Gasteiger charge is 2.04. The van der Waals surface area contributed by atoms with Crippen LogP contribution in [0.5, 0.6) is 5.75 Å². The number of ether oxygens (including phenoxy) is 1. The Balaban J connectivity index is 1.69. The van der Waals surface area contributed by atoms with E-state index >= 15 is 0 Å². The molecule has 0 N–H and O–H groups in total. The Hall–Kier alpha value is -1.50. The van der Waals surface area contributed by atoms with Crippen molar-refractivity contribution in [1.29, 1.82) is 0 Å². The number of unbranched alkanes of at least 4 members (excludes halogenated alkanes) is 9. The number of fused-ring (bicyclic) bond motifs is 1. The number of methoxy groups -OCH3 is 1. The molecule has 0 aliphatic carbocycles. The van der Waals surface area contributed by atoms with Gasteiger partial charge in [-0.2, -0.15) is 0 Å². The van der Waals surface area contributed by atoms with E-state index in [4.69, 9.17) is 4.74 Å². The third-order valence-corrected chi connectivity index (χ3v) is 4.99. The summed E-state index contributed by atoms with van der Waals surface area (Å²) >= 11 is 0. The molecule has 0 aliphatic heterocycles. The minimum atomic E-state index is 0.984. The van der Waals surface area contributed by atoms with Crippen LogP contribution >= 0.6 is 0 Å². The quantitative estimate of drug-likeness (QED) is 0.371. The van der Waals surface area contributed by atoms with Crippen molar-refractivity contribution < 1.29 is 4.74 Å². The van der Waals surface area contributed by atoms with Crippen molar-refractivity contribution in [1.82, 2.24) is 0 Å². The van der Waals surface area contributed by atoms with Crippen LogP contribution in [0.15, 0.2) is 36.4 Å². The Labute approximate surface area is 148 Å². The first-order valence-corrected chi connectivity index (χ1v) is 9.91. The maximum absolute atomic E-state index is 5.49. The average molecular weight is 327 g/mol. The predicted molar refractivity (Wildman–Crippen MR) is 106 cm³/mol. The Morgan fingerprint density at radius 1 is 0.667 bits per heavy atom. The van der Waals surface area contributed by atoms with Crippen molar-refractivity contribution in [3.63, 3.8) is 0 Å². The second-order valence-electron chi connectivity index (χ2n) is 6.90. The van der Waals surface area contributed by atoms with Crippen molar-refractivity contribution in [3.8, 4) is 5.75 Å². The number of aryl methyl sites for hydroxylation is 1. The van der Waals surface area contributed by atoms with Gasteiger partial charge in [0.1, 0.15) is 5.75 Å². The van der Waals surface area contributed by atoms with Crippen molar-refractivity contribution in [2.75, 3.05) is 7.11 Å². The van der Waals surface area contributed by atoms with Gasteiger partial charge in [0.25, 0.3) is 0 Å². The zero-order valence-corrected chi connectivity index (χ0v) is 15.7. The van der Waals surface area contributed by atoms with E-state index in [0.717, 1.165) is 5.75 Å². The van der Waals surface area contributed by atoms with Gasteiger partial charge in [-0.05, 0) is 29.9 Å². The predicted octanol–water partition coefficient (Wildman–Crippen LogP) is 7.31. The van der Waals surface area contributed by atoms with E-state index in [0.29, 0.717) is 0 Å². The lowest BCUT2D eigenvalue weighted by Crippen LogP contribution is -1.91. The fourth-order valence-electron chi connectivity index (χ4n) is 3.55. The van der Waals surface area contributed by atoms with Crippen LogP contribution < -0.4 is 4.74 Å². The molecular weight excluding hydrogens is 292 g/mol. The zero-order valence-electron chi connectivity index (χ0n) is 15.7. The molecule has 2 aromatic rings. The number of hydrogen-bond donors (Lipinski definition) is 0. The van der Waals surface area contributed by atoms with Crippen molar-refractivity contribution in [3.05, 3.63) is 42.0 Å². The first-order chi connectivity index (χ1) is 11.9. The van der Waals surface area contributed by atoms with Gasteiger partial charge in [-0.1, -0.05) is 95.0 Å². The van der Waals surface area contributed by atoms with E-state index in [9.17, 15) is 0 Å². The molecule has 1 nitrogen and oxygen atoms in total. The zero-order chi connectivity index (χ0) is 17.0. The lowest BCUT2D eigenvalue weighted by atomic mass is 9.98. The van der Waals surface area contributed by atoms with Gasteiger partial charge in [0, 0.05) is 5.39 Å². The number of benzene rings is 2. The molecule has 0 aromatic heterocycles. The van der Waals surface area contributed by atoms with Crippen LogP contribution in [0.25, 0.3) is 10.8 Å². The lowest BCUT2D eigenvalue weighted by Gasteiger charge is -2.10. The van der Waals surface area contributed by atoms with E-state index < -0.39 is 0 Å². The molecule has 132 valence electrons. The number of rotatable bonds is 12. The smallest absolute Gasteiger partial charge is 0.126 e. The second kappa shape index (κ2) is 11.1. The fraction of sp³-hybridized carbons (Fsp3) is 0.565. The highest BCUT2D eigenvalue weighted by molar-refractivity contribution is 5.90. The van der Waals surface area contributed by atoms with Gasteiger partial charge in [0.15, 0.2) is 0 Å².